The van der Waals surface area contributed by atoms with Crippen molar-refractivity contribution in [1.82, 2.24) is 9.88 Å². The lowest BCUT2D eigenvalue weighted by Gasteiger charge is -2.24. The van der Waals surface area contributed by atoms with Crippen molar-refractivity contribution < 1.29 is 0 Å². The zero-order valence-electron chi connectivity index (χ0n) is 30.8. The van der Waals surface area contributed by atoms with E-state index in [0.717, 1.165) is 41.2 Å². The molecule has 1 aliphatic carbocycles. The summed E-state index contributed by atoms with van der Waals surface area (Å²) in [6.45, 7) is 0. The van der Waals surface area contributed by atoms with Crippen LogP contribution in [0.4, 0.5) is 0 Å². The van der Waals surface area contributed by atoms with Crippen LogP contribution in [-0.4, -0.2) is 16.2 Å². The summed E-state index contributed by atoms with van der Waals surface area (Å²) >= 11 is 3.81. The van der Waals surface area contributed by atoms with Crippen LogP contribution in [0.1, 0.15) is 40.5 Å². The molecule has 6 heteroatoms. The highest BCUT2D eigenvalue weighted by Crippen LogP contribution is 2.48. The Labute approximate surface area is 337 Å². The summed E-state index contributed by atoms with van der Waals surface area (Å²) in [5.74, 6) is 1.56. The molecule has 12 rings (SSSR count). The van der Waals surface area contributed by atoms with Gasteiger partial charge in [-0.15, -0.1) is 22.7 Å². The fourth-order valence-corrected chi connectivity index (χ4v) is 11.6. The Bertz CT molecular complexity index is 3330. The number of fused-ring (bicyclic) bond motifs is 9. The molecule has 1 unspecified atom stereocenters. The minimum Gasteiger partial charge on any atom is -0.344 e. The van der Waals surface area contributed by atoms with Crippen molar-refractivity contribution in [3.63, 3.8) is 0 Å². The molecular weight excluding hydrogens is 733 g/mol. The second-order valence-corrected chi connectivity index (χ2v) is 16.9. The normalized spacial score (nSPS) is 15.3. The van der Waals surface area contributed by atoms with E-state index in [4.69, 9.17) is 9.98 Å². The summed E-state index contributed by atoms with van der Waals surface area (Å²) in [6, 6.07) is 56.8. The number of amidine groups is 2. The average molecular weight is 767 g/mol. The van der Waals surface area contributed by atoms with Crippen LogP contribution in [0.5, 0.6) is 0 Å². The lowest BCUT2D eigenvalue weighted by molar-refractivity contribution is 0.680. The number of hydrogen-bond acceptors (Lipinski definition) is 5. The number of nitrogens with one attached hydrogen (secondary N) is 1. The summed E-state index contributed by atoms with van der Waals surface area (Å²) in [7, 11) is 0. The molecule has 2 aliphatic rings. The van der Waals surface area contributed by atoms with Gasteiger partial charge in [0.25, 0.3) is 0 Å². The number of rotatable bonds is 5. The fraction of sp³-hybridized carbons (Fsp3) is 0.0588. The van der Waals surface area contributed by atoms with Gasteiger partial charge in [0.1, 0.15) is 12.0 Å². The van der Waals surface area contributed by atoms with E-state index in [2.05, 4.69) is 155 Å². The first-order valence-corrected chi connectivity index (χ1v) is 21.1. The molecule has 0 fully saturated rings. The Balaban J connectivity index is 1.03. The van der Waals surface area contributed by atoms with Crippen LogP contribution in [0.3, 0.4) is 0 Å². The Kier molecular flexibility index (Phi) is 7.43. The van der Waals surface area contributed by atoms with Gasteiger partial charge < -0.3 is 9.88 Å². The minimum absolute atomic E-state index is 0.312. The monoisotopic (exact) mass is 766 g/mol. The summed E-state index contributed by atoms with van der Waals surface area (Å²) in [5.41, 5.74) is 11.0. The van der Waals surface area contributed by atoms with Crippen molar-refractivity contribution in [2.45, 2.75) is 19.0 Å². The molecule has 4 nitrogen and oxygen atoms in total. The lowest BCUT2D eigenvalue weighted by Crippen LogP contribution is -2.33. The molecule has 0 amide bonds. The first kappa shape index (κ1) is 32.6. The Hall–Kier alpha value is -6.60. The third-order valence-electron chi connectivity index (χ3n) is 11.6. The highest BCUT2D eigenvalue weighted by Gasteiger charge is 2.26. The topological polar surface area (TPSA) is 41.7 Å². The molecule has 0 saturated carbocycles. The van der Waals surface area contributed by atoms with E-state index in [9.17, 15) is 0 Å². The highest BCUT2D eigenvalue weighted by atomic mass is 32.1. The van der Waals surface area contributed by atoms with Crippen LogP contribution in [0, 0.1) is 0 Å². The molecule has 57 heavy (non-hydrogen) atoms. The first-order chi connectivity index (χ1) is 28.3. The van der Waals surface area contributed by atoms with E-state index in [0.29, 0.717) is 0 Å². The van der Waals surface area contributed by atoms with Crippen LogP contribution >= 0.6 is 22.7 Å². The molecule has 10 aromatic rings. The smallest absolute Gasteiger partial charge is 0.159 e. The number of benzene rings is 7. The summed E-state index contributed by atoms with van der Waals surface area (Å²) in [4.78, 5) is 10.3. The predicted octanol–water partition coefficient (Wildman–Crippen LogP) is 13.5. The van der Waals surface area contributed by atoms with E-state index in [1.54, 1.807) is 0 Å². The summed E-state index contributed by atoms with van der Waals surface area (Å²) < 4.78 is 7.74. The second kappa shape index (κ2) is 13.0. The third-order valence-corrected chi connectivity index (χ3v) is 14.0. The maximum absolute atomic E-state index is 5.27. The number of allylic oxidation sites excluding steroid dienone is 1. The Morgan fingerprint density at radius 2 is 1.25 bits per heavy atom. The van der Waals surface area contributed by atoms with Crippen molar-refractivity contribution in [2.24, 2.45) is 9.98 Å². The molecule has 0 bridgehead atoms. The molecule has 3 aromatic heterocycles. The van der Waals surface area contributed by atoms with Gasteiger partial charge in [-0.1, -0.05) is 152 Å². The standard InChI is InChI=1S/C51H34N4S2/c1-3-15-31(16-4-1)49-52-50(32-17-5-2-6-18-32)54-51(53-49)40-26-14-30-44-45(40)39-25-12-23-36(47(39)56-44)35-21-11-22-37-38-24-13-29-43(48(38)57-46(35)37)55-41-27-9-7-19-33(41)34-20-8-10-28-42(34)55/h1-9,11-27,29-30,51H,10,28H2,(H,52,53,54). The van der Waals surface area contributed by atoms with Gasteiger partial charge in [-0.05, 0) is 31.0 Å². The number of thiophene rings is 2. The Morgan fingerprint density at radius 1 is 0.579 bits per heavy atom. The number of para-hydroxylation sites is 1. The van der Waals surface area contributed by atoms with Gasteiger partial charge in [0, 0.05) is 80.1 Å². The number of hydrogen-bond donors (Lipinski definition) is 1. The quantitative estimate of drug-likeness (QED) is 0.186. The molecular formula is C51H34N4S2. The van der Waals surface area contributed by atoms with Gasteiger partial charge in [0.15, 0.2) is 5.84 Å². The van der Waals surface area contributed by atoms with E-state index in [1.807, 2.05) is 46.9 Å². The van der Waals surface area contributed by atoms with Crippen molar-refractivity contribution in [3.05, 3.63) is 192 Å². The molecule has 1 atom stereocenters. The first-order valence-electron chi connectivity index (χ1n) is 19.5. The van der Waals surface area contributed by atoms with Gasteiger partial charge in [0.2, 0.25) is 0 Å². The van der Waals surface area contributed by atoms with Crippen LogP contribution in [0.25, 0.3) is 74.1 Å². The number of nitrogens with zero attached hydrogens (tertiary/aromatic N) is 3. The predicted molar refractivity (Wildman–Crippen MR) is 244 cm³/mol. The van der Waals surface area contributed by atoms with E-state index < -0.39 is 0 Å². The molecule has 270 valence electrons. The maximum atomic E-state index is 5.27. The van der Waals surface area contributed by atoms with Gasteiger partial charge in [-0.2, -0.15) is 0 Å². The van der Waals surface area contributed by atoms with Gasteiger partial charge in [0.05, 0.1) is 15.9 Å². The van der Waals surface area contributed by atoms with E-state index in [1.165, 1.54) is 79.3 Å². The molecule has 4 heterocycles. The molecule has 0 saturated heterocycles. The third kappa shape index (κ3) is 5.11. The van der Waals surface area contributed by atoms with Crippen LogP contribution in [0.2, 0.25) is 0 Å². The van der Waals surface area contributed by atoms with Crippen LogP contribution < -0.4 is 5.32 Å². The molecule has 0 radical (unpaired) electrons. The molecule has 0 spiro atoms. The fourth-order valence-electron chi connectivity index (χ4n) is 9.02. The maximum Gasteiger partial charge on any atom is 0.159 e. The van der Waals surface area contributed by atoms with E-state index in [-0.39, 0.29) is 6.17 Å². The average Bonchev–Trinajstić information content (AvgIpc) is 3.97. The van der Waals surface area contributed by atoms with Gasteiger partial charge >= 0.3 is 0 Å². The Morgan fingerprint density at radius 3 is 2.07 bits per heavy atom. The number of aromatic nitrogens is 1. The summed E-state index contributed by atoms with van der Waals surface area (Å²) in [5, 5.41) is 10.2. The zero-order chi connectivity index (χ0) is 37.5. The van der Waals surface area contributed by atoms with Crippen molar-refractivity contribution in [2.75, 3.05) is 0 Å². The van der Waals surface area contributed by atoms with E-state index >= 15 is 0 Å². The van der Waals surface area contributed by atoms with Crippen molar-refractivity contribution in [3.8, 4) is 16.8 Å². The van der Waals surface area contributed by atoms with Gasteiger partial charge in [-0.25, -0.2) is 9.98 Å². The molecule has 7 aromatic carbocycles. The zero-order valence-corrected chi connectivity index (χ0v) is 32.4. The minimum atomic E-state index is -0.312. The molecule has 1 aliphatic heterocycles. The lowest BCUT2D eigenvalue weighted by atomic mass is 9.98. The largest absolute Gasteiger partial charge is 0.344 e. The van der Waals surface area contributed by atoms with Crippen molar-refractivity contribution in [1.29, 1.82) is 0 Å². The molecule has 1 N–H and O–H groups in total. The second-order valence-electron chi connectivity index (χ2n) is 14.8. The number of aliphatic imine (C=N–C) groups is 2. The van der Waals surface area contributed by atoms with Crippen molar-refractivity contribution >= 4 is 91.7 Å². The van der Waals surface area contributed by atoms with Crippen LogP contribution in [-0.2, 0) is 6.42 Å². The van der Waals surface area contributed by atoms with Gasteiger partial charge in [-0.3, -0.25) is 0 Å². The SMILES string of the molecule is C1=Cc2c(n(-c3cccc4c3sc3c(-c5cccc6c5sc5cccc(C7N=C(c8ccccc8)N=C(c8ccccc8)N7)c56)cccc34)c3ccccc23)CC1. The van der Waals surface area contributed by atoms with Crippen LogP contribution in [0.15, 0.2) is 174 Å². The summed E-state index contributed by atoms with van der Waals surface area (Å²) in [6.07, 6.45) is 6.44. The highest BCUT2D eigenvalue weighted by molar-refractivity contribution is 7.27.